The standard InChI is InChI=1S/C19H29F7O4/c1-2-3-4-5-6-7-8-9-13-29-15(27)11-10-12-16(28)30-14-17(20,21)18(22,23)19(24,25)26/h2-14H2,1H3. The molecule has 0 aromatic rings. The van der Waals surface area contributed by atoms with Crippen molar-refractivity contribution >= 4 is 11.9 Å². The van der Waals surface area contributed by atoms with Gasteiger partial charge in [0, 0.05) is 12.8 Å². The van der Waals surface area contributed by atoms with Gasteiger partial charge in [0.2, 0.25) is 0 Å². The number of esters is 2. The Morgan fingerprint density at radius 3 is 1.63 bits per heavy atom. The van der Waals surface area contributed by atoms with Gasteiger partial charge in [-0.1, -0.05) is 51.9 Å². The lowest BCUT2D eigenvalue weighted by molar-refractivity contribution is -0.359. The predicted octanol–water partition coefficient (Wildman–Crippen LogP) is 6.22. The van der Waals surface area contributed by atoms with Crippen molar-refractivity contribution in [2.45, 2.75) is 95.6 Å². The minimum Gasteiger partial charge on any atom is -0.466 e. The number of carbonyl (C=O) groups excluding carboxylic acids is 2. The molecule has 30 heavy (non-hydrogen) atoms. The third kappa shape index (κ3) is 11.0. The van der Waals surface area contributed by atoms with Gasteiger partial charge in [0.25, 0.3) is 0 Å². The zero-order valence-electron chi connectivity index (χ0n) is 17.0. The predicted molar refractivity (Wildman–Crippen MR) is 94.3 cm³/mol. The van der Waals surface area contributed by atoms with Crippen LogP contribution in [-0.4, -0.2) is 43.2 Å². The number of halogens is 7. The second kappa shape index (κ2) is 13.7. The first-order valence-electron chi connectivity index (χ1n) is 9.98. The summed E-state index contributed by atoms with van der Waals surface area (Å²) in [6.45, 7) is -0.0755. The van der Waals surface area contributed by atoms with E-state index in [0.717, 1.165) is 19.3 Å². The maximum Gasteiger partial charge on any atom is 0.460 e. The van der Waals surface area contributed by atoms with Crippen LogP contribution in [0.2, 0.25) is 0 Å². The molecule has 0 fully saturated rings. The smallest absolute Gasteiger partial charge is 0.460 e. The Morgan fingerprint density at radius 2 is 1.13 bits per heavy atom. The van der Waals surface area contributed by atoms with E-state index in [1.54, 1.807) is 0 Å². The van der Waals surface area contributed by atoms with Gasteiger partial charge in [-0.25, -0.2) is 0 Å². The molecule has 0 aliphatic carbocycles. The van der Waals surface area contributed by atoms with Crippen molar-refractivity contribution in [1.29, 1.82) is 0 Å². The molecule has 0 aliphatic heterocycles. The zero-order chi connectivity index (χ0) is 23.3. The van der Waals surface area contributed by atoms with Gasteiger partial charge < -0.3 is 9.47 Å². The molecule has 0 amide bonds. The summed E-state index contributed by atoms with van der Waals surface area (Å²) in [5, 5.41) is 0. The first kappa shape index (κ1) is 28.5. The molecule has 178 valence electrons. The first-order valence-corrected chi connectivity index (χ1v) is 9.98. The lowest BCUT2D eigenvalue weighted by atomic mass is 10.1. The fourth-order valence-electron chi connectivity index (χ4n) is 2.41. The summed E-state index contributed by atoms with van der Waals surface area (Å²) in [6.07, 6.45) is 1.02. The van der Waals surface area contributed by atoms with Gasteiger partial charge in [0.05, 0.1) is 6.61 Å². The summed E-state index contributed by atoms with van der Waals surface area (Å²) in [5.74, 6) is -14.0. The Labute approximate surface area is 171 Å². The number of hydrogen-bond donors (Lipinski definition) is 0. The van der Waals surface area contributed by atoms with Gasteiger partial charge in [-0.05, 0) is 12.8 Å². The molecule has 0 heterocycles. The van der Waals surface area contributed by atoms with E-state index in [0.29, 0.717) is 6.42 Å². The third-order valence-electron chi connectivity index (χ3n) is 4.25. The van der Waals surface area contributed by atoms with Gasteiger partial charge >= 0.3 is 30.0 Å². The van der Waals surface area contributed by atoms with Crippen LogP contribution >= 0.6 is 0 Å². The van der Waals surface area contributed by atoms with Crippen LogP contribution in [0.3, 0.4) is 0 Å². The molecule has 0 atom stereocenters. The Morgan fingerprint density at radius 1 is 0.667 bits per heavy atom. The number of unbranched alkanes of at least 4 members (excludes halogenated alkanes) is 7. The van der Waals surface area contributed by atoms with Crippen molar-refractivity contribution in [3.63, 3.8) is 0 Å². The lowest BCUT2D eigenvalue weighted by Crippen LogP contribution is -2.54. The zero-order valence-corrected chi connectivity index (χ0v) is 17.0. The fraction of sp³-hybridized carbons (Fsp3) is 0.895. The molecule has 0 saturated carbocycles. The third-order valence-corrected chi connectivity index (χ3v) is 4.25. The van der Waals surface area contributed by atoms with Gasteiger partial charge in [-0.3, -0.25) is 9.59 Å². The molecule has 0 radical (unpaired) electrons. The molecule has 0 rings (SSSR count). The average molecular weight is 454 g/mol. The highest BCUT2D eigenvalue weighted by Gasteiger charge is 2.73. The van der Waals surface area contributed by atoms with Gasteiger partial charge in [0.1, 0.15) is 0 Å². The van der Waals surface area contributed by atoms with Crippen molar-refractivity contribution in [2.75, 3.05) is 13.2 Å². The number of carbonyl (C=O) groups is 2. The second-order valence-electron chi connectivity index (χ2n) is 6.99. The summed E-state index contributed by atoms with van der Waals surface area (Å²) in [4.78, 5) is 22.7. The molecular formula is C19H29F7O4. The number of hydrogen-bond acceptors (Lipinski definition) is 4. The Kier molecular flexibility index (Phi) is 13.0. The van der Waals surface area contributed by atoms with E-state index in [1.165, 1.54) is 25.7 Å². The fourth-order valence-corrected chi connectivity index (χ4v) is 2.41. The molecular weight excluding hydrogens is 425 g/mol. The number of alkyl halides is 7. The van der Waals surface area contributed by atoms with Crippen LogP contribution in [0.5, 0.6) is 0 Å². The quantitative estimate of drug-likeness (QED) is 0.158. The largest absolute Gasteiger partial charge is 0.466 e. The summed E-state index contributed by atoms with van der Waals surface area (Å²) in [6, 6.07) is 0. The summed E-state index contributed by atoms with van der Waals surface area (Å²) in [7, 11) is 0. The molecule has 11 heteroatoms. The van der Waals surface area contributed by atoms with Crippen LogP contribution < -0.4 is 0 Å². The molecule has 0 saturated heterocycles. The first-order chi connectivity index (χ1) is 13.8. The molecule has 0 N–H and O–H groups in total. The van der Waals surface area contributed by atoms with E-state index >= 15 is 0 Å². The van der Waals surface area contributed by atoms with Gasteiger partial charge in [-0.15, -0.1) is 0 Å². The second-order valence-corrected chi connectivity index (χ2v) is 6.99. The maximum atomic E-state index is 13.0. The summed E-state index contributed by atoms with van der Waals surface area (Å²) >= 11 is 0. The average Bonchev–Trinajstić information content (AvgIpc) is 2.64. The minimum atomic E-state index is -6.48. The summed E-state index contributed by atoms with van der Waals surface area (Å²) < 4.78 is 95.9. The Hall–Kier alpha value is -1.55. The Balaban J connectivity index is 3.87. The minimum absolute atomic E-state index is 0.170. The molecule has 0 aromatic carbocycles. The van der Waals surface area contributed by atoms with Crippen LogP contribution in [0.15, 0.2) is 0 Å². The SMILES string of the molecule is CCCCCCCCCCOC(=O)CCCC(=O)OCC(F)(F)C(F)(F)C(F)(F)F. The van der Waals surface area contributed by atoms with Crippen LogP contribution in [0.4, 0.5) is 30.7 Å². The van der Waals surface area contributed by atoms with E-state index in [4.69, 9.17) is 4.74 Å². The van der Waals surface area contributed by atoms with Crippen LogP contribution in [0.25, 0.3) is 0 Å². The summed E-state index contributed by atoms with van der Waals surface area (Å²) in [5.41, 5.74) is 0. The van der Waals surface area contributed by atoms with Crippen molar-refractivity contribution in [1.82, 2.24) is 0 Å². The highest BCUT2D eigenvalue weighted by atomic mass is 19.4. The van der Waals surface area contributed by atoms with Crippen molar-refractivity contribution in [2.24, 2.45) is 0 Å². The lowest BCUT2D eigenvalue weighted by Gasteiger charge is -2.27. The van der Waals surface area contributed by atoms with Crippen LogP contribution in [-0.2, 0) is 19.1 Å². The highest BCUT2D eigenvalue weighted by molar-refractivity contribution is 5.72. The maximum absolute atomic E-state index is 13.0. The van der Waals surface area contributed by atoms with Crippen molar-refractivity contribution in [3.8, 4) is 0 Å². The number of rotatable bonds is 16. The van der Waals surface area contributed by atoms with E-state index in [-0.39, 0.29) is 19.4 Å². The van der Waals surface area contributed by atoms with E-state index < -0.39 is 43.0 Å². The normalized spacial score (nSPS) is 12.7. The molecule has 0 spiro atoms. The number of ether oxygens (including phenoxy) is 2. The van der Waals surface area contributed by atoms with Gasteiger partial charge in [-0.2, -0.15) is 30.7 Å². The van der Waals surface area contributed by atoms with Crippen LogP contribution in [0, 0.1) is 0 Å². The molecule has 0 unspecified atom stereocenters. The van der Waals surface area contributed by atoms with Crippen molar-refractivity contribution in [3.05, 3.63) is 0 Å². The van der Waals surface area contributed by atoms with Crippen molar-refractivity contribution < 1.29 is 49.8 Å². The monoisotopic (exact) mass is 454 g/mol. The highest BCUT2D eigenvalue weighted by Crippen LogP contribution is 2.46. The molecule has 0 aromatic heterocycles. The Bertz CT molecular complexity index is 508. The van der Waals surface area contributed by atoms with Gasteiger partial charge in [0.15, 0.2) is 6.61 Å². The van der Waals surface area contributed by atoms with E-state index in [2.05, 4.69) is 11.7 Å². The van der Waals surface area contributed by atoms with E-state index in [9.17, 15) is 40.3 Å². The van der Waals surface area contributed by atoms with Crippen LogP contribution in [0.1, 0.15) is 77.6 Å². The molecule has 0 bridgehead atoms. The van der Waals surface area contributed by atoms with E-state index in [1.807, 2.05) is 0 Å². The molecule has 4 nitrogen and oxygen atoms in total. The topological polar surface area (TPSA) is 52.6 Å². The molecule has 0 aliphatic rings.